The lowest BCUT2D eigenvalue weighted by Crippen LogP contribution is -2.45. The molecule has 0 amide bonds. The first-order valence-corrected chi connectivity index (χ1v) is 7.12. The molecule has 0 bridgehead atoms. The van der Waals surface area contributed by atoms with Crippen molar-refractivity contribution in [2.75, 3.05) is 24.6 Å². The minimum absolute atomic E-state index is 0.313. The summed E-state index contributed by atoms with van der Waals surface area (Å²) in [5.74, 6) is 1.64. The van der Waals surface area contributed by atoms with E-state index in [0.29, 0.717) is 11.8 Å². The molecular weight excluding hydrogens is 220 g/mol. The summed E-state index contributed by atoms with van der Waals surface area (Å²) < 4.78 is 0. The fourth-order valence-electron chi connectivity index (χ4n) is 2.38. The minimum Gasteiger partial charge on any atom is -0.389 e. The van der Waals surface area contributed by atoms with Crippen molar-refractivity contribution < 1.29 is 5.11 Å². The van der Waals surface area contributed by atoms with Gasteiger partial charge < -0.3 is 5.11 Å². The Morgan fingerprint density at radius 3 is 2.94 bits per heavy atom. The van der Waals surface area contributed by atoms with Crippen molar-refractivity contribution in [1.82, 2.24) is 4.90 Å². The van der Waals surface area contributed by atoms with E-state index in [1.54, 1.807) is 11.8 Å². The van der Waals surface area contributed by atoms with Gasteiger partial charge >= 0.3 is 0 Å². The first-order chi connectivity index (χ1) is 7.55. The van der Waals surface area contributed by atoms with Gasteiger partial charge in [-0.25, -0.2) is 0 Å². The molecular formula is C12H22N2OS. The summed E-state index contributed by atoms with van der Waals surface area (Å²) in [5.41, 5.74) is -0.587. The predicted molar refractivity (Wildman–Crippen MR) is 68.4 cm³/mol. The monoisotopic (exact) mass is 242 g/mol. The molecule has 0 saturated carbocycles. The third kappa shape index (κ3) is 4.32. The van der Waals surface area contributed by atoms with Crippen LogP contribution in [0.4, 0.5) is 0 Å². The lowest BCUT2D eigenvalue weighted by atomic mass is 9.96. The average molecular weight is 242 g/mol. The van der Waals surface area contributed by atoms with Gasteiger partial charge in [0.1, 0.15) is 0 Å². The maximum atomic E-state index is 10.0. The fraction of sp³-hybridized carbons (Fsp3) is 0.917. The molecule has 1 atom stereocenters. The van der Waals surface area contributed by atoms with Crippen molar-refractivity contribution in [2.24, 2.45) is 0 Å². The molecule has 1 N–H and O–H groups in total. The maximum absolute atomic E-state index is 10.0. The molecule has 0 aromatic rings. The Morgan fingerprint density at radius 1 is 1.56 bits per heavy atom. The van der Waals surface area contributed by atoms with Gasteiger partial charge in [-0.15, -0.1) is 11.8 Å². The van der Waals surface area contributed by atoms with Crippen LogP contribution in [0.3, 0.4) is 0 Å². The van der Waals surface area contributed by atoms with E-state index in [1.165, 1.54) is 6.42 Å². The second-order valence-electron chi connectivity index (χ2n) is 4.91. The van der Waals surface area contributed by atoms with E-state index in [1.807, 2.05) is 13.8 Å². The van der Waals surface area contributed by atoms with Gasteiger partial charge in [0.25, 0.3) is 0 Å². The van der Waals surface area contributed by atoms with Crippen LogP contribution in [0.25, 0.3) is 0 Å². The predicted octanol–water partition coefficient (Wildman–Crippen LogP) is 1.87. The van der Waals surface area contributed by atoms with Crippen LogP contribution in [0.5, 0.6) is 0 Å². The Labute approximate surface area is 103 Å². The summed E-state index contributed by atoms with van der Waals surface area (Å²) in [6, 6.07) is 2.45. The van der Waals surface area contributed by atoms with Crippen molar-refractivity contribution in [1.29, 1.82) is 5.26 Å². The average Bonchev–Trinajstić information content (AvgIpc) is 2.65. The van der Waals surface area contributed by atoms with E-state index in [2.05, 4.69) is 11.0 Å². The third-order valence-corrected chi connectivity index (χ3v) is 3.99. The van der Waals surface area contributed by atoms with Crippen LogP contribution in [-0.2, 0) is 0 Å². The number of aliphatic hydroxyl groups is 1. The van der Waals surface area contributed by atoms with Gasteiger partial charge in [0.15, 0.2) is 0 Å². The zero-order chi connectivity index (χ0) is 12.0. The van der Waals surface area contributed by atoms with Gasteiger partial charge in [-0.3, -0.25) is 4.90 Å². The summed E-state index contributed by atoms with van der Waals surface area (Å²) in [5, 5.41) is 18.5. The molecule has 0 aromatic heterocycles. The highest BCUT2D eigenvalue weighted by Crippen LogP contribution is 2.26. The van der Waals surface area contributed by atoms with Crippen molar-refractivity contribution in [2.45, 2.75) is 44.8 Å². The van der Waals surface area contributed by atoms with E-state index in [4.69, 9.17) is 5.26 Å². The van der Waals surface area contributed by atoms with Crippen LogP contribution in [0.15, 0.2) is 0 Å². The molecule has 1 aliphatic heterocycles. The molecule has 0 spiro atoms. The van der Waals surface area contributed by atoms with Crippen molar-refractivity contribution >= 4 is 11.8 Å². The number of hydrogen-bond donors (Lipinski definition) is 1. The zero-order valence-corrected chi connectivity index (χ0v) is 11.1. The summed E-state index contributed by atoms with van der Waals surface area (Å²) >= 11 is 1.70. The van der Waals surface area contributed by atoms with Crippen LogP contribution in [0.2, 0.25) is 0 Å². The summed E-state index contributed by atoms with van der Waals surface area (Å²) in [7, 11) is 0. The van der Waals surface area contributed by atoms with Crippen LogP contribution < -0.4 is 0 Å². The Balaban J connectivity index is 2.23. The maximum Gasteiger partial charge on any atom is 0.0808 e. The Morgan fingerprint density at radius 2 is 2.31 bits per heavy atom. The third-order valence-electron chi connectivity index (χ3n) is 3.08. The van der Waals surface area contributed by atoms with E-state index in [-0.39, 0.29) is 0 Å². The standard InChI is InChI=1S/C12H22N2OS/c1-12(2,15)11-5-3-7-14(11)8-4-9-16-10-6-13/h11,15H,3-5,7-10H2,1-2H3. The molecule has 4 heteroatoms. The van der Waals surface area contributed by atoms with Crippen LogP contribution in [0, 0.1) is 11.3 Å². The number of likely N-dealkylation sites (tertiary alicyclic amines) is 1. The normalized spacial score (nSPS) is 22.2. The zero-order valence-electron chi connectivity index (χ0n) is 10.3. The molecule has 0 aromatic carbocycles. The highest BCUT2D eigenvalue weighted by molar-refractivity contribution is 7.99. The fourth-order valence-corrected chi connectivity index (χ4v) is 2.95. The van der Waals surface area contributed by atoms with Gasteiger partial charge in [-0.2, -0.15) is 5.26 Å². The summed E-state index contributed by atoms with van der Waals surface area (Å²) in [6.45, 7) is 5.96. The highest BCUT2D eigenvalue weighted by Gasteiger charge is 2.35. The number of rotatable bonds is 6. The Kier molecular flexibility index (Phi) is 5.60. The molecule has 3 nitrogen and oxygen atoms in total. The van der Waals surface area contributed by atoms with E-state index in [0.717, 1.165) is 31.7 Å². The lowest BCUT2D eigenvalue weighted by Gasteiger charge is -2.33. The topological polar surface area (TPSA) is 47.3 Å². The molecule has 1 unspecified atom stereocenters. The van der Waals surface area contributed by atoms with Gasteiger partial charge in [-0.05, 0) is 52.0 Å². The van der Waals surface area contributed by atoms with Crippen molar-refractivity contribution in [3.05, 3.63) is 0 Å². The molecule has 1 fully saturated rings. The second-order valence-corrected chi connectivity index (χ2v) is 6.02. The molecule has 16 heavy (non-hydrogen) atoms. The number of hydrogen-bond acceptors (Lipinski definition) is 4. The summed E-state index contributed by atoms with van der Waals surface area (Å²) in [4.78, 5) is 2.40. The van der Waals surface area contributed by atoms with Crippen LogP contribution in [-0.4, -0.2) is 46.2 Å². The molecule has 92 valence electrons. The van der Waals surface area contributed by atoms with Gasteiger partial charge in [0, 0.05) is 6.04 Å². The minimum atomic E-state index is -0.587. The first kappa shape index (κ1) is 13.8. The number of thioether (sulfide) groups is 1. The molecule has 0 radical (unpaired) electrons. The smallest absolute Gasteiger partial charge is 0.0808 e. The summed E-state index contributed by atoms with van der Waals surface area (Å²) in [6.07, 6.45) is 3.41. The van der Waals surface area contributed by atoms with Gasteiger partial charge in [-0.1, -0.05) is 0 Å². The van der Waals surface area contributed by atoms with E-state index in [9.17, 15) is 5.11 Å². The van der Waals surface area contributed by atoms with E-state index < -0.39 is 5.60 Å². The molecule has 1 saturated heterocycles. The highest BCUT2D eigenvalue weighted by atomic mass is 32.2. The van der Waals surface area contributed by atoms with Crippen molar-refractivity contribution in [3.63, 3.8) is 0 Å². The Hall–Kier alpha value is -0.240. The SMILES string of the molecule is CC(C)(O)C1CCCN1CCCSCC#N. The molecule has 1 heterocycles. The lowest BCUT2D eigenvalue weighted by molar-refractivity contribution is -0.00215. The molecule has 1 rings (SSSR count). The second kappa shape index (κ2) is 6.48. The first-order valence-electron chi connectivity index (χ1n) is 5.97. The van der Waals surface area contributed by atoms with Crippen molar-refractivity contribution in [3.8, 4) is 6.07 Å². The molecule has 0 aliphatic carbocycles. The largest absolute Gasteiger partial charge is 0.389 e. The Bertz CT molecular complexity index is 244. The number of nitriles is 1. The van der Waals surface area contributed by atoms with Gasteiger partial charge in [0.05, 0.1) is 17.4 Å². The quantitative estimate of drug-likeness (QED) is 0.722. The van der Waals surface area contributed by atoms with E-state index >= 15 is 0 Å². The molecule has 1 aliphatic rings. The van der Waals surface area contributed by atoms with Crippen LogP contribution >= 0.6 is 11.8 Å². The van der Waals surface area contributed by atoms with Gasteiger partial charge in [0.2, 0.25) is 0 Å². The number of nitrogens with zero attached hydrogens (tertiary/aromatic N) is 2. The van der Waals surface area contributed by atoms with Crippen LogP contribution in [0.1, 0.15) is 33.1 Å².